The number of furan rings is 1. The standard InChI is InChI=1S/C43H27NOS/c1-3-11-27(12-4-1)28-19-22-30(23-20-28)44-36-16-9-7-14-32(36)41-34(26-40-42(43(41)44)33-15-5-2-6-18-39(33)46-40)29-21-24-38-35(25-29)31-13-8-10-17-37(31)45-38/h1-14,16-26H,15H2. The van der Waals surface area contributed by atoms with Gasteiger partial charge in [0.2, 0.25) is 0 Å². The van der Waals surface area contributed by atoms with E-state index in [2.05, 4.69) is 150 Å². The second-order valence-corrected chi connectivity index (χ2v) is 13.1. The first kappa shape index (κ1) is 25.7. The fourth-order valence-corrected chi connectivity index (χ4v) is 8.58. The maximum Gasteiger partial charge on any atom is 0.135 e. The maximum absolute atomic E-state index is 6.23. The van der Waals surface area contributed by atoms with Crippen molar-refractivity contribution in [1.29, 1.82) is 0 Å². The molecule has 0 amide bonds. The van der Waals surface area contributed by atoms with Crippen molar-refractivity contribution in [2.75, 3.05) is 0 Å². The van der Waals surface area contributed by atoms with Crippen molar-refractivity contribution in [3.8, 4) is 27.9 Å². The first-order chi connectivity index (χ1) is 22.8. The summed E-state index contributed by atoms with van der Waals surface area (Å²) in [6, 6.07) is 46.0. The summed E-state index contributed by atoms with van der Waals surface area (Å²) < 4.78 is 10.0. The van der Waals surface area contributed by atoms with E-state index in [9.17, 15) is 0 Å². The number of aromatic nitrogens is 1. The third-order valence-electron chi connectivity index (χ3n) is 9.46. The molecule has 0 saturated carbocycles. The van der Waals surface area contributed by atoms with E-state index in [0.717, 1.165) is 28.4 Å². The van der Waals surface area contributed by atoms with Crippen LogP contribution in [0, 0.1) is 0 Å². The molecule has 0 saturated heterocycles. The highest BCUT2D eigenvalue weighted by Gasteiger charge is 2.24. The van der Waals surface area contributed by atoms with E-state index < -0.39 is 0 Å². The van der Waals surface area contributed by atoms with E-state index in [4.69, 9.17) is 4.42 Å². The van der Waals surface area contributed by atoms with E-state index >= 15 is 0 Å². The first-order valence-electron chi connectivity index (χ1n) is 15.7. The van der Waals surface area contributed by atoms with Gasteiger partial charge in [-0.25, -0.2) is 0 Å². The molecule has 3 aromatic heterocycles. The Morgan fingerprint density at radius 2 is 1.33 bits per heavy atom. The Morgan fingerprint density at radius 1 is 0.587 bits per heavy atom. The Kier molecular flexibility index (Phi) is 5.54. The molecule has 6 aromatic carbocycles. The van der Waals surface area contributed by atoms with Gasteiger partial charge in [-0.3, -0.25) is 0 Å². The van der Waals surface area contributed by atoms with E-state index in [1.165, 1.54) is 70.3 Å². The Hall–Kier alpha value is -5.64. The molecular weight excluding hydrogens is 579 g/mol. The highest BCUT2D eigenvalue weighted by atomic mass is 32.1. The lowest BCUT2D eigenvalue weighted by Crippen LogP contribution is -1.95. The molecule has 2 nitrogen and oxygen atoms in total. The predicted octanol–water partition coefficient (Wildman–Crippen LogP) is 12.4. The molecule has 0 atom stereocenters. The molecule has 1 aliphatic rings. The average molecular weight is 606 g/mol. The summed E-state index contributed by atoms with van der Waals surface area (Å²) in [4.78, 5) is 1.34. The number of thiophene rings is 1. The molecule has 0 aliphatic heterocycles. The number of para-hydroxylation sites is 2. The lowest BCUT2D eigenvalue weighted by molar-refractivity contribution is 0.669. The van der Waals surface area contributed by atoms with Crippen molar-refractivity contribution in [2.45, 2.75) is 6.42 Å². The summed E-state index contributed by atoms with van der Waals surface area (Å²) in [6.07, 6.45) is 9.83. The van der Waals surface area contributed by atoms with Gasteiger partial charge >= 0.3 is 0 Å². The molecule has 10 rings (SSSR count). The van der Waals surface area contributed by atoms with Crippen LogP contribution in [0.15, 0.2) is 150 Å². The number of hydrogen-bond donors (Lipinski definition) is 0. The monoisotopic (exact) mass is 605 g/mol. The predicted molar refractivity (Wildman–Crippen MR) is 196 cm³/mol. The zero-order chi connectivity index (χ0) is 30.2. The largest absolute Gasteiger partial charge is 0.456 e. The second kappa shape index (κ2) is 9.93. The molecule has 0 spiro atoms. The van der Waals surface area contributed by atoms with Crippen LogP contribution in [0.25, 0.3) is 87.8 Å². The van der Waals surface area contributed by atoms with Gasteiger partial charge in [0, 0.05) is 42.2 Å². The quantitative estimate of drug-likeness (QED) is 0.196. The van der Waals surface area contributed by atoms with Crippen molar-refractivity contribution in [1.82, 2.24) is 4.57 Å². The number of benzene rings is 6. The third kappa shape index (κ3) is 3.76. The van der Waals surface area contributed by atoms with E-state index in [1.807, 2.05) is 17.4 Å². The smallest absolute Gasteiger partial charge is 0.135 e. The van der Waals surface area contributed by atoms with Crippen LogP contribution in [-0.4, -0.2) is 4.57 Å². The summed E-state index contributed by atoms with van der Waals surface area (Å²) >= 11 is 1.90. The Balaban J connectivity index is 1.33. The van der Waals surface area contributed by atoms with Crippen molar-refractivity contribution < 1.29 is 4.42 Å². The van der Waals surface area contributed by atoms with Crippen LogP contribution in [-0.2, 0) is 6.42 Å². The molecule has 0 bridgehead atoms. The van der Waals surface area contributed by atoms with Crippen LogP contribution >= 0.6 is 11.3 Å². The van der Waals surface area contributed by atoms with Crippen molar-refractivity contribution in [2.24, 2.45) is 0 Å². The van der Waals surface area contributed by atoms with Gasteiger partial charge in [-0.05, 0) is 82.8 Å². The van der Waals surface area contributed by atoms with Crippen molar-refractivity contribution in [3.63, 3.8) is 0 Å². The number of rotatable bonds is 3. The molecule has 1 aliphatic carbocycles. The van der Waals surface area contributed by atoms with Crippen LogP contribution < -0.4 is 0 Å². The zero-order valence-electron chi connectivity index (χ0n) is 24.9. The summed E-state index contributed by atoms with van der Waals surface area (Å²) in [5, 5.41) is 6.21. The fraction of sp³-hybridized carbons (Fsp3) is 0.0233. The van der Waals surface area contributed by atoms with Gasteiger partial charge in [0.15, 0.2) is 0 Å². The number of allylic oxidation sites excluding steroid dienone is 3. The molecule has 0 N–H and O–H groups in total. The summed E-state index contributed by atoms with van der Waals surface area (Å²) in [5.41, 5.74) is 11.8. The minimum Gasteiger partial charge on any atom is -0.456 e. The number of hydrogen-bond acceptors (Lipinski definition) is 2. The summed E-state index contributed by atoms with van der Waals surface area (Å²) in [7, 11) is 0. The molecule has 3 heterocycles. The number of nitrogens with zero attached hydrogens (tertiary/aromatic N) is 1. The van der Waals surface area contributed by atoms with Gasteiger partial charge in [0.25, 0.3) is 0 Å². The SMILES string of the molecule is C1=CCc2c(sc3cc(-c4ccc5oc6ccccc6c5c4)c4c5ccccc5n(-c5ccc(-c6ccccc6)cc5)c4c23)C=C1. The molecule has 0 radical (unpaired) electrons. The van der Waals surface area contributed by atoms with Crippen LogP contribution in [0.4, 0.5) is 0 Å². The molecule has 0 fully saturated rings. The van der Waals surface area contributed by atoms with Crippen molar-refractivity contribution in [3.05, 3.63) is 156 Å². The minimum atomic E-state index is 0.915. The van der Waals surface area contributed by atoms with Gasteiger partial charge in [-0.2, -0.15) is 0 Å². The van der Waals surface area contributed by atoms with Crippen molar-refractivity contribution >= 4 is 71.2 Å². The van der Waals surface area contributed by atoms with E-state index in [-0.39, 0.29) is 0 Å². The highest BCUT2D eigenvalue weighted by molar-refractivity contribution is 7.20. The van der Waals surface area contributed by atoms with Crippen LogP contribution in [0.2, 0.25) is 0 Å². The normalized spacial score (nSPS) is 13.0. The number of fused-ring (bicyclic) bond motifs is 10. The van der Waals surface area contributed by atoms with Gasteiger partial charge in [0.05, 0.1) is 11.0 Å². The zero-order valence-corrected chi connectivity index (χ0v) is 25.7. The van der Waals surface area contributed by atoms with E-state index in [0.29, 0.717) is 0 Å². The van der Waals surface area contributed by atoms with Gasteiger partial charge in [-0.15, -0.1) is 11.3 Å². The third-order valence-corrected chi connectivity index (χ3v) is 10.6. The lowest BCUT2D eigenvalue weighted by atomic mass is 9.95. The van der Waals surface area contributed by atoms with E-state index in [1.54, 1.807) is 0 Å². The molecule has 9 aromatic rings. The fourth-order valence-electron chi connectivity index (χ4n) is 7.38. The van der Waals surface area contributed by atoms with Crippen LogP contribution in [0.3, 0.4) is 0 Å². The lowest BCUT2D eigenvalue weighted by Gasteiger charge is -2.13. The van der Waals surface area contributed by atoms with Gasteiger partial charge in [-0.1, -0.05) is 103 Å². The molecule has 0 unspecified atom stereocenters. The van der Waals surface area contributed by atoms with Crippen LogP contribution in [0.1, 0.15) is 10.4 Å². The minimum absolute atomic E-state index is 0.915. The van der Waals surface area contributed by atoms with Gasteiger partial charge in [0.1, 0.15) is 11.2 Å². The first-order valence-corrected chi connectivity index (χ1v) is 16.6. The maximum atomic E-state index is 6.23. The molecular formula is C43H27NOS. The summed E-state index contributed by atoms with van der Waals surface area (Å²) in [6.45, 7) is 0. The second-order valence-electron chi connectivity index (χ2n) is 12.0. The molecule has 46 heavy (non-hydrogen) atoms. The Morgan fingerprint density at radius 3 is 2.22 bits per heavy atom. The average Bonchev–Trinajstić information content (AvgIpc) is 3.71. The van der Waals surface area contributed by atoms with Gasteiger partial charge < -0.3 is 8.98 Å². The van der Waals surface area contributed by atoms with Crippen LogP contribution in [0.5, 0.6) is 0 Å². The molecule has 3 heteroatoms. The summed E-state index contributed by atoms with van der Waals surface area (Å²) in [5.74, 6) is 0. The topological polar surface area (TPSA) is 18.1 Å². The Labute approximate surface area is 269 Å². The molecule has 216 valence electrons. The highest BCUT2D eigenvalue weighted by Crippen LogP contribution is 2.48. The Bertz CT molecular complexity index is 2700.